The van der Waals surface area contributed by atoms with Gasteiger partial charge in [0, 0.05) is 6.54 Å². The van der Waals surface area contributed by atoms with E-state index in [1.54, 1.807) is 24.3 Å². The van der Waals surface area contributed by atoms with Crippen LogP contribution in [0.3, 0.4) is 0 Å². The van der Waals surface area contributed by atoms with Crippen molar-refractivity contribution in [2.45, 2.75) is 18.0 Å². The highest BCUT2D eigenvalue weighted by atomic mass is 35.5. The summed E-state index contributed by atoms with van der Waals surface area (Å²) in [6.07, 6.45) is 0. The van der Waals surface area contributed by atoms with Gasteiger partial charge in [-0.25, -0.2) is 13.1 Å². The number of aliphatic hydroxyl groups is 1. The lowest BCUT2D eigenvalue weighted by atomic mass is 10.1. The summed E-state index contributed by atoms with van der Waals surface area (Å²) in [5.74, 6) is 0. The molecule has 0 atom stereocenters. The average molecular weight is 346 g/mol. The maximum Gasteiger partial charge on any atom is 0.240 e. The van der Waals surface area contributed by atoms with Crippen LogP contribution in [-0.4, -0.2) is 13.5 Å². The number of hydrogen-bond donors (Lipinski definition) is 2. The van der Waals surface area contributed by atoms with Gasteiger partial charge in [-0.3, -0.25) is 0 Å². The van der Waals surface area contributed by atoms with Gasteiger partial charge in [0.1, 0.15) is 0 Å². The number of rotatable bonds is 5. The molecule has 0 aromatic heterocycles. The van der Waals surface area contributed by atoms with Gasteiger partial charge in [-0.1, -0.05) is 47.5 Å². The van der Waals surface area contributed by atoms with E-state index in [-0.39, 0.29) is 23.1 Å². The number of halogens is 2. The molecule has 2 aromatic carbocycles. The van der Waals surface area contributed by atoms with Crippen molar-refractivity contribution in [2.75, 3.05) is 0 Å². The molecule has 0 aliphatic rings. The van der Waals surface area contributed by atoms with E-state index in [4.69, 9.17) is 28.3 Å². The lowest BCUT2D eigenvalue weighted by molar-refractivity contribution is 0.282. The molecule has 0 spiro atoms. The van der Waals surface area contributed by atoms with Crippen LogP contribution in [0.5, 0.6) is 0 Å². The van der Waals surface area contributed by atoms with E-state index in [0.29, 0.717) is 5.02 Å². The molecule has 0 unspecified atom stereocenters. The summed E-state index contributed by atoms with van der Waals surface area (Å²) in [7, 11) is -3.66. The highest BCUT2D eigenvalue weighted by Gasteiger charge is 2.15. The minimum absolute atomic E-state index is 0.0463. The molecule has 0 fully saturated rings. The van der Waals surface area contributed by atoms with Crippen molar-refractivity contribution in [3.8, 4) is 0 Å². The summed E-state index contributed by atoms with van der Waals surface area (Å²) in [5, 5.41) is 9.44. The predicted octanol–water partition coefficient (Wildman–Crippen LogP) is 2.96. The van der Waals surface area contributed by atoms with Gasteiger partial charge in [0.2, 0.25) is 10.0 Å². The van der Waals surface area contributed by atoms with Crippen molar-refractivity contribution in [3.63, 3.8) is 0 Å². The molecule has 21 heavy (non-hydrogen) atoms. The van der Waals surface area contributed by atoms with Gasteiger partial charge in [-0.15, -0.1) is 0 Å². The third-order valence-corrected chi connectivity index (χ3v) is 5.01. The molecule has 0 aliphatic carbocycles. The SMILES string of the molecule is O=S(=O)(NCc1ccc(CO)cc1)c1ccc(Cl)c(Cl)c1. The largest absolute Gasteiger partial charge is 0.392 e. The van der Waals surface area contributed by atoms with Crippen LogP contribution in [-0.2, 0) is 23.2 Å². The second-order valence-corrected chi connectivity index (χ2v) is 6.96. The molecule has 2 N–H and O–H groups in total. The Balaban J connectivity index is 2.11. The first-order valence-corrected chi connectivity index (χ1v) is 8.29. The van der Waals surface area contributed by atoms with Crippen molar-refractivity contribution in [3.05, 3.63) is 63.6 Å². The Morgan fingerprint density at radius 2 is 1.57 bits per heavy atom. The van der Waals surface area contributed by atoms with Gasteiger partial charge in [0.15, 0.2) is 0 Å². The lowest BCUT2D eigenvalue weighted by Gasteiger charge is -2.08. The summed E-state index contributed by atoms with van der Waals surface area (Å²) in [4.78, 5) is 0.0591. The highest BCUT2D eigenvalue weighted by Crippen LogP contribution is 2.24. The fraction of sp³-hybridized carbons (Fsp3) is 0.143. The van der Waals surface area contributed by atoms with Gasteiger partial charge in [-0.2, -0.15) is 0 Å². The molecule has 0 heterocycles. The third-order valence-electron chi connectivity index (χ3n) is 2.87. The van der Waals surface area contributed by atoms with Gasteiger partial charge in [0.25, 0.3) is 0 Å². The van der Waals surface area contributed by atoms with Crippen LogP contribution in [0.1, 0.15) is 11.1 Å². The third kappa shape index (κ3) is 4.18. The maximum absolute atomic E-state index is 12.1. The Morgan fingerprint density at radius 1 is 0.952 bits per heavy atom. The van der Waals surface area contributed by atoms with Crippen LogP contribution in [0.2, 0.25) is 10.0 Å². The first-order chi connectivity index (χ1) is 9.92. The number of aliphatic hydroxyl groups excluding tert-OH is 1. The van der Waals surface area contributed by atoms with Crippen molar-refractivity contribution >= 4 is 33.2 Å². The average Bonchev–Trinajstić information content (AvgIpc) is 2.48. The first-order valence-electron chi connectivity index (χ1n) is 6.06. The van der Waals surface area contributed by atoms with Crippen molar-refractivity contribution in [2.24, 2.45) is 0 Å². The normalized spacial score (nSPS) is 11.6. The molecule has 0 amide bonds. The standard InChI is InChI=1S/C14H13Cl2NO3S/c15-13-6-5-12(7-14(13)16)21(19,20)17-8-10-1-3-11(9-18)4-2-10/h1-7,17-18H,8-9H2. The highest BCUT2D eigenvalue weighted by molar-refractivity contribution is 7.89. The van der Waals surface area contributed by atoms with Crippen molar-refractivity contribution < 1.29 is 13.5 Å². The monoisotopic (exact) mass is 345 g/mol. The molecule has 0 aliphatic heterocycles. The van der Waals surface area contributed by atoms with E-state index in [2.05, 4.69) is 4.72 Å². The molecule has 112 valence electrons. The van der Waals surface area contributed by atoms with Crippen molar-refractivity contribution in [1.82, 2.24) is 4.72 Å². The minimum Gasteiger partial charge on any atom is -0.392 e. The molecule has 0 radical (unpaired) electrons. The molecule has 0 saturated carbocycles. The van der Waals surface area contributed by atoms with E-state index in [1.165, 1.54) is 18.2 Å². The second-order valence-electron chi connectivity index (χ2n) is 4.38. The van der Waals surface area contributed by atoms with Crippen LogP contribution >= 0.6 is 23.2 Å². The second kappa shape index (κ2) is 6.77. The van der Waals surface area contributed by atoms with Crippen LogP contribution < -0.4 is 4.72 Å². The number of benzene rings is 2. The summed E-state index contributed by atoms with van der Waals surface area (Å²) in [6.45, 7) is 0.101. The summed E-state index contributed by atoms with van der Waals surface area (Å²) < 4.78 is 26.8. The summed E-state index contributed by atoms with van der Waals surface area (Å²) in [6, 6.07) is 11.1. The Kier molecular flexibility index (Phi) is 5.24. The van der Waals surface area contributed by atoms with Crippen LogP contribution in [0.25, 0.3) is 0 Å². The zero-order chi connectivity index (χ0) is 15.5. The number of hydrogen-bond acceptors (Lipinski definition) is 3. The van der Waals surface area contributed by atoms with Crippen LogP contribution in [0.15, 0.2) is 47.4 Å². The maximum atomic E-state index is 12.1. The molecule has 0 bridgehead atoms. The Morgan fingerprint density at radius 3 is 2.14 bits per heavy atom. The summed E-state index contributed by atoms with van der Waals surface area (Å²) >= 11 is 11.6. The zero-order valence-corrected chi connectivity index (χ0v) is 13.2. The molecule has 2 rings (SSSR count). The topological polar surface area (TPSA) is 66.4 Å². The molecule has 2 aromatic rings. The molecular formula is C14H13Cl2NO3S. The predicted molar refractivity (Wildman–Crippen MR) is 82.9 cm³/mol. The van der Waals surface area contributed by atoms with Gasteiger partial charge < -0.3 is 5.11 Å². The fourth-order valence-electron chi connectivity index (χ4n) is 1.67. The zero-order valence-electron chi connectivity index (χ0n) is 10.9. The smallest absolute Gasteiger partial charge is 0.240 e. The van der Waals surface area contributed by atoms with E-state index in [9.17, 15) is 8.42 Å². The van der Waals surface area contributed by atoms with E-state index in [0.717, 1.165) is 11.1 Å². The minimum atomic E-state index is -3.66. The Hall–Kier alpha value is -1.11. The lowest BCUT2D eigenvalue weighted by Crippen LogP contribution is -2.23. The van der Waals surface area contributed by atoms with E-state index >= 15 is 0 Å². The molecule has 7 heteroatoms. The summed E-state index contributed by atoms with van der Waals surface area (Å²) in [5.41, 5.74) is 1.56. The number of nitrogens with one attached hydrogen (secondary N) is 1. The van der Waals surface area contributed by atoms with Crippen LogP contribution in [0, 0.1) is 0 Å². The molecule has 4 nitrogen and oxygen atoms in total. The van der Waals surface area contributed by atoms with Crippen molar-refractivity contribution in [1.29, 1.82) is 0 Å². The molecule has 0 saturated heterocycles. The van der Waals surface area contributed by atoms with E-state index in [1.807, 2.05) is 0 Å². The van der Waals surface area contributed by atoms with Crippen LogP contribution in [0.4, 0.5) is 0 Å². The Bertz CT molecular complexity index is 730. The first kappa shape index (κ1) is 16.3. The Labute approximate surface area is 133 Å². The number of sulfonamides is 1. The molecular weight excluding hydrogens is 333 g/mol. The van der Waals surface area contributed by atoms with Gasteiger partial charge >= 0.3 is 0 Å². The quantitative estimate of drug-likeness (QED) is 0.875. The van der Waals surface area contributed by atoms with Gasteiger partial charge in [0.05, 0.1) is 21.5 Å². The fourth-order valence-corrected chi connectivity index (χ4v) is 3.07. The van der Waals surface area contributed by atoms with E-state index < -0.39 is 10.0 Å². The van der Waals surface area contributed by atoms with Gasteiger partial charge in [-0.05, 0) is 29.3 Å².